The molecule has 0 fully saturated rings. The summed E-state index contributed by atoms with van der Waals surface area (Å²) >= 11 is 0. The fourth-order valence-corrected chi connectivity index (χ4v) is 1.71. The second-order valence-corrected chi connectivity index (χ2v) is 5.73. The second-order valence-electron chi connectivity index (χ2n) is 5.73. The van der Waals surface area contributed by atoms with E-state index in [-0.39, 0.29) is 17.2 Å². The zero-order valence-corrected chi connectivity index (χ0v) is 13.0. The molecular formula is C15H21FN2O3. The summed E-state index contributed by atoms with van der Waals surface area (Å²) in [5.74, 6) is -0.828. The van der Waals surface area contributed by atoms with E-state index >= 15 is 0 Å². The molecular weight excluding hydrogens is 275 g/mol. The summed E-state index contributed by atoms with van der Waals surface area (Å²) < 4.78 is 19.0. The number of pyridine rings is 1. The Labute approximate surface area is 123 Å². The Morgan fingerprint density at radius 2 is 2.00 bits per heavy atom. The van der Waals surface area contributed by atoms with Gasteiger partial charge in [0.15, 0.2) is 5.78 Å². The first-order valence-electron chi connectivity index (χ1n) is 6.81. The first-order chi connectivity index (χ1) is 9.64. The highest BCUT2D eigenvalue weighted by molar-refractivity contribution is 5.92. The van der Waals surface area contributed by atoms with E-state index in [0.29, 0.717) is 6.42 Å². The van der Waals surface area contributed by atoms with E-state index in [0.717, 1.165) is 0 Å². The largest absolute Gasteiger partial charge is 0.444 e. The van der Waals surface area contributed by atoms with Gasteiger partial charge < -0.3 is 10.1 Å². The molecule has 1 rings (SSSR count). The number of rotatable bonds is 4. The van der Waals surface area contributed by atoms with Crippen LogP contribution in [0.4, 0.5) is 9.18 Å². The second kappa shape index (κ2) is 6.65. The Morgan fingerprint density at radius 1 is 1.38 bits per heavy atom. The molecule has 1 heterocycles. The lowest BCUT2D eigenvalue weighted by atomic mass is 10.1. The number of carbonyl (C=O) groups excluding carboxylic acids is 2. The summed E-state index contributed by atoms with van der Waals surface area (Å²) in [5, 5.41) is 2.57. The lowest BCUT2D eigenvalue weighted by molar-refractivity contribution is 0.0500. The van der Waals surface area contributed by atoms with Gasteiger partial charge in [0.25, 0.3) is 0 Å². The Morgan fingerprint density at radius 3 is 2.48 bits per heavy atom. The fourth-order valence-electron chi connectivity index (χ4n) is 1.71. The predicted octanol–water partition coefficient (Wildman–Crippen LogP) is 3.40. The zero-order valence-electron chi connectivity index (χ0n) is 13.0. The highest BCUT2D eigenvalue weighted by atomic mass is 19.1. The van der Waals surface area contributed by atoms with Crippen molar-refractivity contribution in [1.29, 1.82) is 0 Å². The number of ketones is 1. The quantitative estimate of drug-likeness (QED) is 0.865. The van der Waals surface area contributed by atoms with Crippen molar-refractivity contribution in [2.75, 3.05) is 0 Å². The Bertz CT molecular complexity index is 538. The number of amides is 1. The van der Waals surface area contributed by atoms with Crippen LogP contribution in [-0.4, -0.2) is 22.5 Å². The molecule has 1 unspecified atom stereocenters. The van der Waals surface area contributed by atoms with Gasteiger partial charge in [-0.1, -0.05) is 6.92 Å². The number of carbonyl (C=O) groups is 2. The van der Waals surface area contributed by atoms with Crippen LogP contribution in [0.3, 0.4) is 0 Å². The summed E-state index contributed by atoms with van der Waals surface area (Å²) in [6, 6.07) is 1.85. The molecule has 21 heavy (non-hydrogen) atoms. The zero-order chi connectivity index (χ0) is 16.2. The predicted molar refractivity (Wildman–Crippen MR) is 76.6 cm³/mol. The van der Waals surface area contributed by atoms with E-state index < -0.39 is 23.6 Å². The maximum absolute atomic E-state index is 13.9. The number of alkyl carbamates (subject to hydrolysis) is 1. The molecule has 0 aliphatic heterocycles. The molecule has 0 spiro atoms. The van der Waals surface area contributed by atoms with E-state index in [1.807, 2.05) is 0 Å². The highest BCUT2D eigenvalue weighted by Gasteiger charge is 2.23. The summed E-state index contributed by atoms with van der Waals surface area (Å²) in [6.07, 6.45) is -0.228. The van der Waals surface area contributed by atoms with Crippen LogP contribution in [0, 0.1) is 5.82 Å². The number of hydrogen-bond donors (Lipinski definition) is 1. The summed E-state index contributed by atoms with van der Waals surface area (Å²) in [5.41, 5.74) is -0.442. The summed E-state index contributed by atoms with van der Waals surface area (Å²) in [7, 11) is 0. The van der Waals surface area contributed by atoms with Gasteiger partial charge in [-0.2, -0.15) is 0 Å². The molecule has 0 saturated heterocycles. The molecule has 1 aromatic heterocycles. The molecule has 1 amide bonds. The number of hydrogen-bond acceptors (Lipinski definition) is 4. The number of ether oxygens (including phenoxy) is 1. The number of aromatic nitrogens is 1. The third kappa shape index (κ3) is 5.13. The van der Waals surface area contributed by atoms with Crippen LogP contribution < -0.4 is 5.32 Å². The van der Waals surface area contributed by atoms with Gasteiger partial charge in [-0.15, -0.1) is 0 Å². The SMILES string of the molecule is CCC(NC(=O)OC(C)(C)C)c1nc(C(C)=O)ccc1F. The van der Waals surface area contributed by atoms with Crippen molar-refractivity contribution >= 4 is 11.9 Å². The molecule has 1 atom stereocenters. The lowest BCUT2D eigenvalue weighted by Gasteiger charge is -2.23. The van der Waals surface area contributed by atoms with Crippen molar-refractivity contribution in [3.05, 3.63) is 29.3 Å². The van der Waals surface area contributed by atoms with E-state index in [1.54, 1.807) is 27.7 Å². The van der Waals surface area contributed by atoms with Gasteiger partial charge in [0.2, 0.25) is 0 Å². The van der Waals surface area contributed by atoms with Gasteiger partial charge in [-0.3, -0.25) is 4.79 Å². The normalized spacial score (nSPS) is 12.7. The van der Waals surface area contributed by atoms with Crippen LogP contribution in [0.15, 0.2) is 12.1 Å². The minimum atomic E-state index is -0.654. The molecule has 1 aromatic rings. The van der Waals surface area contributed by atoms with Crippen LogP contribution >= 0.6 is 0 Å². The standard InChI is InChI=1S/C15H21FN2O3/c1-6-11(18-14(20)21-15(3,4)5)13-10(16)7-8-12(17-13)9(2)19/h7-8,11H,6H2,1-5H3,(H,18,20). The maximum Gasteiger partial charge on any atom is 0.408 e. The molecule has 0 aliphatic rings. The van der Waals surface area contributed by atoms with Crippen molar-refractivity contribution < 1.29 is 18.7 Å². The van der Waals surface area contributed by atoms with Crippen LogP contribution in [0.5, 0.6) is 0 Å². The van der Waals surface area contributed by atoms with Gasteiger partial charge in [-0.25, -0.2) is 14.2 Å². The Hall–Kier alpha value is -1.98. The number of nitrogens with zero attached hydrogens (tertiary/aromatic N) is 1. The number of nitrogens with one attached hydrogen (secondary N) is 1. The van der Waals surface area contributed by atoms with Crippen LogP contribution in [0.25, 0.3) is 0 Å². The monoisotopic (exact) mass is 296 g/mol. The van der Waals surface area contributed by atoms with Crippen molar-refractivity contribution in [1.82, 2.24) is 10.3 Å². The third-order valence-electron chi connectivity index (χ3n) is 2.66. The van der Waals surface area contributed by atoms with Gasteiger partial charge in [0.1, 0.15) is 17.1 Å². The molecule has 0 aliphatic carbocycles. The van der Waals surface area contributed by atoms with Crippen molar-refractivity contribution in [3.8, 4) is 0 Å². The topological polar surface area (TPSA) is 68.3 Å². The summed E-state index contributed by atoms with van der Waals surface area (Å²) in [6.45, 7) is 8.35. The number of halogens is 1. The Kier molecular flexibility index (Phi) is 5.41. The number of Topliss-reactive ketones (excluding diaryl/α,β-unsaturated/α-hetero) is 1. The van der Waals surface area contributed by atoms with Crippen LogP contribution in [0.2, 0.25) is 0 Å². The molecule has 0 aromatic carbocycles. The third-order valence-corrected chi connectivity index (χ3v) is 2.66. The highest BCUT2D eigenvalue weighted by Crippen LogP contribution is 2.19. The minimum absolute atomic E-state index is 0.0380. The molecule has 0 radical (unpaired) electrons. The van der Waals surface area contributed by atoms with Gasteiger partial charge in [-0.05, 0) is 39.3 Å². The van der Waals surface area contributed by atoms with Crippen LogP contribution in [-0.2, 0) is 4.74 Å². The van der Waals surface area contributed by atoms with Gasteiger partial charge in [0.05, 0.1) is 11.7 Å². The van der Waals surface area contributed by atoms with E-state index in [4.69, 9.17) is 4.74 Å². The van der Waals surface area contributed by atoms with Crippen LogP contribution in [0.1, 0.15) is 63.3 Å². The molecule has 116 valence electrons. The van der Waals surface area contributed by atoms with Crippen molar-refractivity contribution in [2.45, 2.75) is 52.7 Å². The van der Waals surface area contributed by atoms with Crippen molar-refractivity contribution in [3.63, 3.8) is 0 Å². The first kappa shape index (κ1) is 17.1. The smallest absolute Gasteiger partial charge is 0.408 e. The van der Waals surface area contributed by atoms with E-state index in [1.165, 1.54) is 19.1 Å². The van der Waals surface area contributed by atoms with Gasteiger partial charge >= 0.3 is 6.09 Å². The molecule has 1 N–H and O–H groups in total. The molecule has 6 heteroatoms. The van der Waals surface area contributed by atoms with E-state index in [2.05, 4.69) is 10.3 Å². The van der Waals surface area contributed by atoms with Crippen molar-refractivity contribution in [2.24, 2.45) is 0 Å². The lowest BCUT2D eigenvalue weighted by Crippen LogP contribution is -2.35. The molecule has 0 bridgehead atoms. The minimum Gasteiger partial charge on any atom is -0.444 e. The first-order valence-corrected chi connectivity index (χ1v) is 6.81. The average Bonchev–Trinajstić information content (AvgIpc) is 2.34. The average molecular weight is 296 g/mol. The van der Waals surface area contributed by atoms with E-state index in [9.17, 15) is 14.0 Å². The maximum atomic E-state index is 13.9. The fraction of sp³-hybridized carbons (Fsp3) is 0.533. The summed E-state index contributed by atoms with van der Waals surface area (Å²) in [4.78, 5) is 27.1. The Balaban J connectivity index is 2.97. The van der Waals surface area contributed by atoms with Gasteiger partial charge in [0, 0.05) is 6.92 Å². The molecule has 5 nitrogen and oxygen atoms in total. The molecule has 0 saturated carbocycles.